The van der Waals surface area contributed by atoms with Gasteiger partial charge in [0.25, 0.3) is 0 Å². The van der Waals surface area contributed by atoms with Gasteiger partial charge in [0.1, 0.15) is 6.17 Å². The average molecular weight is 352 g/mol. The SMILES string of the molecule is CNc1ccc(CCC(N)[N+](C)(C)C)c2c1C(=O)c1ccccc1C2=O. The van der Waals surface area contributed by atoms with Crippen LogP contribution in [0.4, 0.5) is 5.69 Å². The van der Waals surface area contributed by atoms with Gasteiger partial charge in [-0.2, -0.15) is 0 Å². The number of fused-ring (bicyclic) bond motifs is 2. The molecule has 0 spiro atoms. The molecule has 1 aliphatic rings. The van der Waals surface area contributed by atoms with E-state index in [2.05, 4.69) is 26.5 Å². The molecular weight excluding hydrogens is 326 g/mol. The Balaban J connectivity index is 2.08. The summed E-state index contributed by atoms with van der Waals surface area (Å²) >= 11 is 0. The second kappa shape index (κ2) is 6.67. The van der Waals surface area contributed by atoms with Gasteiger partial charge < -0.3 is 9.80 Å². The number of hydrogen-bond acceptors (Lipinski definition) is 4. The highest BCUT2D eigenvalue weighted by atomic mass is 16.1. The molecular formula is C21H26N3O2+. The van der Waals surface area contributed by atoms with E-state index in [-0.39, 0.29) is 17.7 Å². The lowest BCUT2D eigenvalue weighted by molar-refractivity contribution is -0.896. The van der Waals surface area contributed by atoms with E-state index < -0.39 is 0 Å². The maximum absolute atomic E-state index is 13.2. The van der Waals surface area contributed by atoms with Crippen LogP contribution < -0.4 is 11.1 Å². The molecule has 3 rings (SSSR count). The molecule has 2 aromatic carbocycles. The lowest BCUT2D eigenvalue weighted by Crippen LogP contribution is -2.50. The molecule has 0 saturated heterocycles. The van der Waals surface area contributed by atoms with Crippen molar-refractivity contribution in [2.75, 3.05) is 33.5 Å². The third-order valence-electron chi connectivity index (χ3n) is 5.14. The molecule has 0 amide bonds. The fourth-order valence-corrected chi connectivity index (χ4v) is 3.40. The van der Waals surface area contributed by atoms with Crippen molar-refractivity contribution in [2.45, 2.75) is 19.0 Å². The summed E-state index contributed by atoms with van der Waals surface area (Å²) in [5.74, 6) is -0.182. The first-order valence-electron chi connectivity index (χ1n) is 8.84. The topological polar surface area (TPSA) is 72.2 Å². The molecule has 5 heteroatoms. The average Bonchev–Trinajstić information content (AvgIpc) is 2.62. The van der Waals surface area contributed by atoms with Gasteiger partial charge in [-0.3, -0.25) is 15.3 Å². The lowest BCUT2D eigenvalue weighted by atomic mass is 9.80. The van der Waals surface area contributed by atoms with Crippen molar-refractivity contribution in [3.8, 4) is 0 Å². The second-order valence-corrected chi connectivity index (χ2v) is 7.70. The van der Waals surface area contributed by atoms with Gasteiger partial charge in [0.2, 0.25) is 0 Å². The molecule has 3 N–H and O–H groups in total. The number of rotatable bonds is 5. The van der Waals surface area contributed by atoms with Crippen LogP contribution >= 0.6 is 0 Å². The minimum Gasteiger partial charge on any atom is -0.388 e. The zero-order chi connectivity index (χ0) is 19.1. The standard InChI is InChI=1S/C21H25N3O2/c1-23-16-11-9-13(10-12-17(22)24(2,3)4)18-19(16)21(26)15-8-6-5-7-14(15)20(18)25/h5-9,11,17H,10,12,22H2,1-4H3/p+1. The summed E-state index contributed by atoms with van der Waals surface area (Å²) in [7, 11) is 7.92. The number of ketones is 2. The fourth-order valence-electron chi connectivity index (χ4n) is 3.40. The van der Waals surface area contributed by atoms with Gasteiger partial charge in [0, 0.05) is 35.8 Å². The number of aryl methyl sites for hydroxylation is 1. The molecule has 136 valence electrons. The Labute approximate surface area is 154 Å². The molecule has 1 unspecified atom stereocenters. The van der Waals surface area contributed by atoms with E-state index in [4.69, 9.17) is 5.73 Å². The van der Waals surface area contributed by atoms with Crippen molar-refractivity contribution in [3.63, 3.8) is 0 Å². The molecule has 0 fully saturated rings. The number of hydrogen-bond donors (Lipinski definition) is 2. The van der Waals surface area contributed by atoms with Crippen molar-refractivity contribution in [3.05, 3.63) is 64.2 Å². The van der Waals surface area contributed by atoms with Crippen molar-refractivity contribution < 1.29 is 14.1 Å². The predicted octanol–water partition coefficient (Wildman–Crippen LogP) is 2.43. The van der Waals surface area contributed by atoms with Gasteiger partial charge in [-0.15, -0.1) is 0 Å². The predicted molar refractivity (Wildman–Crippen MR) is 104 cm³/mol. The number of benzene rings is 2. The second-order valence-electron chi connectivity index (χ2n) is 7.70. The van der Waals surface area contributed by atoms with Gasteiger partial charge in [-0.25, -0.2) is 0 Å². The van der Waals surface area contributed by atoms with E-state index in [0.29, 0.717) is 38.8 Å². The Hall–Kier alpha value is -2.50. The Morgan fingerprint density at radius 2 is 1.54 bits per heavy atom. The maximum atomic E-state index is 13.2. The fraction of sp³-hybridized carbons (Fsp3) is 0.333. The molecule has 1 aliphatic carbocycles. The molecule has 0 heterocycles. The molecule has 0 bridgehead atoms. The van der Waals surface area contributed by atoms with E-state index in [1.165, 1.54) is 0 Å². The molecule has 0 radical (unpaired) electrons. The molecule has 5 nitrogen and oxygen atoms in total. The number of carbonyl (C=O) groups excluding carboxylic acids is 2. The van der Waals surface area contributed by atoms with Gasteiger partial charge >= 0.3 is 0 Å². The van der Waals surface area contributed by atoms with Crippen LogP contribution in [-0.4, -0.2) is 50.4 Å². The Morgan fingerprint density at radius 3 is 2.08 bits per heavy atom. The molecule has 0 aliphatic heterocycles. The highest BCUT2D eigenvalue weighted by Crippen LogP contribution is 2.34. The monoisotopic (exact) mass is 352 g/mol. The van der Waals surface area contributed by atoms with Crippen LogP contribution in [0.5, 0.6) is 0 Å². The van der Waals surface area contributed by atoms with Gasteiger partial charge in [-0.05, 0) is 18.1 Å². The third kappa shape index (κ3) is 3.04. The van der Waals surface area contributed by atoms with E-state index in [0.717, 1.165) is 12.0 Å². The lowest BCUT2D eigenvalue weighted by Gasteiger charge is -2.31. The smallest absolute Gasteiger partial charge is 0.196 e. The zero-order valence-corrected chi connectivity index (χ0v) is 15.8. The minimum absolute atomic E-state index is 0.0451. The van der Waals surface area contributed by atoms with Crippen LogP contribution in [0.3, 0.4) is 0 Å². The van der Waals surface area contributed by atoms with Crippen LogP contribution in [0, 0.1) is 0 Å². The molecule has 26 heavy (non-hydrogen) atoms. The first kappa shape index (κ1) is 18.3. The van der Waals surface area contributed by atoms with E-state index in [1.54, 1.807) is 31.3 Å². The Kier molecular flexibility index (Phi) is 4.69. The molecule has 1 atom stereocenters. The number of nitrogens with one attached hydrogen (secondary N) is 1. The first-order chi connectivity index (χ1) is 12.3. The summed E-state index contributed by atoms with van der Waals surface area (Å²) in [5.41, 5.74) is 9.81. The molecule has 0 saturated carbocycles. The summed E-state index contributed by atoms with van der Waals surface area (Å²) in [4.78, 5) is 26.2. The zero-order valence-electron chi connectivity index (χ0n) is 15.8. The summed E-state index contributed by atoms with van der Waals surface area (Å²) < 4.78 is 0.645. The first-order valence-corrected chi connectivity index (χ1v) is 8.84. The van der Waals surface area contributed by atoms with Crippen molar-refractivity contribution in [2.24, 2.45) is 5.73 Å². The number of carbonyl (C=O) groups is 2. The third-order valence-corrected chi connectivity index (χ3v) is 5.14. The van der Waals surface area contributed by atoms with Crippen LogP contribution in [0.25, 0.3) is 0 Å². The van der Waals surface area contributed by atoms with E-state index in [1.807, 2.05) is 12.1 Å². The number of anilines is 1. The van der Waals surface area contributed by atoms with E-state index in [9.17, 15) is 9.59 Å². The highest BCUT2D eigenvalue weighted by Gasteiger charge is 2.33. The highest BCUT2D eigenvalue weighted by molar-refractivity contribution is 6.30. The number of nitrogens with two attached hydrogens (primary N) is 1. The normalized spacial score (nSPS) is 14.7. The van der Waals surface area contributed by atoms with Gasteiger partial charge in [-0.1, -0.05) is 30.3 Å². The van der Waals surface area contributed by atoms with Gasteiger partial charge in [0.05, 0.1) is 26.7 Å². The van der Waals surface area contributed by atoms with Crippen LogP contribution in [-0.2, 0) is 6.42 Å². The van der Waals surface area contributed by atoms with Gasteiger partial charge in [0.15, 0.2) is 11.6 Å². The van der Waals surface area contributed by atoms with Crippen LogP contribution in [0.2, 0.25) is 0 Å². The quantitative estimate of drug-likeness (QED) is 0.546. The summed E-state index contributed by atoms with van der Waals surface area (Å²) in [5, 5.41) is 3.05. The Bertz CT molecular complexity index is 881. The van der Waals surface area contributed by atoms with Crippen molar-refractivity contribution in [1.29, 1.82) is 0 Å². The number of nitrogens with zero attached hydrogens (tertiary/aromatic N) is 1. The van der Waals surface area contributed by atoms with Crippen LogP contribution in [0.15, 0.2) is 36.4 Å². The van der Waals surface area contributed by atoms with E-state index >= 15 is 0 Å². The van der Waals surface area contributed by atoms with Crippen molar-refractivity contribution in [1.82, 2.24) is 0 Å². The van der Waals surface area contributed by atoms with Crippen molar-refractivity contribution >= 4 is 17.3 Å². The maximum Gasteiger partial charge on any atom is 0.196 e. The minimum atomic E-state index is -0.0997. The Morgan fingerprint density at radius 1 is 0.962 bits per heavy atom. The van der Waals surface area contributed by atoms with Crippen LogP contribution in [0.1, 0.15) is 43.8 Å². The molecule has 0 aromatic heterocycles. The largest absolute Gasteiger partial charge is 0.388 e. The summed E-state index contributed by atoms with van der Waals surface area (Å²) in [6.07, 6.45) is 1.35. The number of quaternary nitrogens is 1. The summed E-state index contributed by atoms with van der Waals surface area (Å²) in [6, 6.07) is 10.8. The summed E-state index contributed by atoms with van der Waals surface area (Å²) in [6.45, 7) is 0. The molecule has 2 aromatic rings.